The highest BCUT2D eigenvalue weighted by Crippen LogP contribution is 1.63. The molecule has 3 N–H and O–H groups in total. The van der Waals surface area contributed by atoms with Crippen LogP contribution in [0.5, 0.6) is 0 Å². The number of hydrogen-bond acceptors (Lipinski definition) is 3. The summed E-state index contributed by atoms with van der Waals surface area (Å²) in [6.07, 6.45) is 0. The number of amides is 1. The van der Waals surface area contributed by atoms with Gasteiger partial charge in [0.15, 0.2) is 0 Å². The summed E-state index contributed by atoms with van der Waals surface area (Å²) in [7, 11) is 0. The monoisotopic (exact) mass is 101 g/mol. The Morgan fingerprint density at radius 1 is 1.43 bits per heavy atom. The molecular weight excluding hydrogens is 94.1 g/mol. The zero-order chi connectivity index (χ0) is 5.11. The molecular formula is C3H7N3O. The zero-order valence-corrected chi connectivity index (χ0v) is 3.82. The Bertz CT molecular complexity index is 74.2. The van der Waals surface area contributed by atoms with Gasteiger partial charge in [0.2, 0.25) is 5.91 Å². The predicted molar refractivity (Wildman–Crippen MR) is 24.1 cm³/mol. The van der Waals surface area contributed by atoms with Gasteiger partial charge in [0.1, 0.15) is 0 Å². The number of carbonyl (C=O) groups is 1. The molecule has 7 heavy (non-hydrogen) atoms. The van der Waals surface area contributed by atoms with E-state index in [1.807, 2.05) is 0 Å². The quantitative estimate of drug-likeness (QED) is 0.336. The van der Waals surface area contributed by atoms with Crippen molar-refractivity contribution in [2.45, 2.75) is 0 Å². The number of carbonyl (C=O) groups excluding carboxylic acids is 1. The van der Waals surface area contributed by atoms with Crippen LogP contribution in [0, 0.1) is 0 Å². The molecule has 0 bridgehead atoms. The summed E-state index contributed by atoms with van der Waals surface area (Å²) in [4.78, 5) is 10.2. The van der Waals surface area contributed by atoms with Crippen LogP contribution in [0.3, 0.4) is 0 Å². The van der Waals surface area contributed by atoms with Crippen LogP contribution in [-0.4, -0.2) is 19.1 Å². The summed E-state index contributed by atoms with van der Waals surface area (Å²) >= 11 is 0. The highest BCUT2D eigenvalue weighted by atomic mass is 16.2. The number of hydrazine groups is 1. The van der Waals surface area contributed by atoms with Crippen molar-refractivity contribution in [2.75, 3.05) is 13.2 Å². The van der Waals surface area contributed by atoms with Crippen LogP contribution in [0.15, 0.2) is 0 Å². The fourth-order valence-electron chi connectivity index (χ4n) is 0.411. The van der Waals surface area contributed by atoms with Crippen molar-refractivity contribution in [1.82, 2.24) is 16.2 Å². The minimum atomic E-state index is 0.0405. The van der Waals surface area contributed by atoms with E-state index in [2.05, 4.69) is 16.2 Å². The van der Waals surface area contributed by atoms with Gasteiger partial charge in [-0.1, -0.05) is 0 Å². The van der Waals surface area contributed by atoms with Crippen LogP contribution in [0.25, 0.3) is 0 Å². The molecule has 1 fully saturated rings. The molecule has 1 saturated heterocycles. The second kappa shape index (κ2) is 1.90. The first-order valence-electron chi connectivity index (χ1n) is 2.12. The van der Waals surface area contributed by atoms with E-state index in [0.29, 0.717) is 13.2 Å². The Kier molecular flexibility index (Phi) is 1.24. The Labute approximate surface area is 41.2 Å². The third-order valence-electron chi connectivity index (χ3n) is 0.748. The van der Waals surface area contributed by atoms with Gasteiger partial charge in [0.25, 0.3) is 0 Å². The zero-order valence-electron chi connectivity index (χ0n) is 3.82. The molecule has 4 nitrogen and oxygen atoms in total. The average Bonchev–Trinajstić information content (AvgIpc) is 1.69. The van der Waals surface area contributed by atoms with Crippen molar-refractivity contribution in [3.05, 3.63) is 0 Å². The predicted octanol–water partition coefficient (Wildman–Crippen LogP) is -1.83. The van der Waals surface area contributed by atoms with E-state index in [9.17, 15) is 4.79 Å². The van der Waals surface area contributed by atoms with E-state index >= 15 is 0 Å². The van der Waals surface area contributed by atoms with Gasteiger partial charge in [-0.2, -0.15) is 0 Å². The molecule has 1 heterocycles. The third-order valence-corrected chi connectivity index (χ3v) is 0.748. The van der Waals surface area contributed by atoms with E-state index < -0.39 is 0 Å². The Morgan fingerprint density at radius 2 is 2.29 bits per heavy atom. The van der Waals surface area contributed by atoms with Gasteiger partial charge in [-0.05, 0) is 0 Å². The lowest BCUT2D eigenvalue weighted by molar-refractivity contribution is -0.121. The molecule has 0 atom stereocenters. The highest BCUT2D eigenvalue weighted by Gasteiger charge is 2.01. The molecule has 0 aliphatic carbocycles. The molecule has 0 unspecified atom stereocenters. The third kappa shape index (κ3) is 1.13. The lowest BCUT2D eigenvalue weighted by atomic mass is 10.6. The van der Waals surface area contributed by atoms with Gasteiger partial charge in [-0.25, -0.2) is 10.9 Å². The molecule has 1 amide bonds. The average molecular weight is 101 g/mol. The first-order chi connectivity index (χ1) is 3.39. The molecule has 40 valence electrons. The Hall–Kier alpha value is -0.610. The van der Waals surface area contributed by atoms with Crippen molar-refractivity contribution in [1.29, 1.82) is 0 Å². The van der Waals surface area contributed by atoms with E-state index in [-0.39, 0.29) is 5.91 Å². The van der Waals surface area contributed by atoms with Gasteiger partial charge in [0, 0.05) is 0 Å². The second-order valence-corrected chi connectivity index (χ2v) is 1.31. The summed E-state index contributed by atoms with van der Waals surface area (Å²) in [5.74, 6) is 0.0405. The van der Waals surface area contributed by atoms with Crippen molar-refractivity contribution in [3.8, 4) is 0 Å². The fraction of sp³-hybridized carbons (Fsp3) is 0.667. The first-order valence-corrected chi connectivity index (χ1v) is 2.12. The lowest BCUT2D eigenvalue weighted by Gasteiger charge is -2.12. The van der Waals surface area contributed by atoms with Crippen LogP contribution in [0.4, 0.5) is 0 Å². The SMILES string of the molecule is O=C1CNNCN1. The topological polar surface area (TPSA) is 53.2 Å². The van der Waals surface area contributed by atoms with Gasteiger partial charge in [-0.3, -0.25) is 4.79 Å². The standard InChI is InChI=1S/C3H7N3O/c7-3-1-5-6-2-4-3/h5-6H,1-2H2,(H,4,7). The Balaban J connectivity index is 2.25. The maximum atomic E-state index is 10.2. The van der Waals surface area contributed by atoms with Crippen LogP contribution < -0.4 is 16.2 Å². The summed E-state index contributed by atoms with van der Waals surface area (Å²) in [5.41, 5.74) is 5.41. The summed E-state index contributed by atoms with van der Waals surface area (Å²) < 4.78 is 0. The highest BCUT2D eigenvalue weighted by molar-refractivity contribution is 5.78. The number of nitrogens with one attached hydrogen (secondary N) is 3. The van der Waals surface area contributed by atoms with Crippen LogP contribution in [0.1, 0.15) is 0 Å². The summed E-state index contributed by atoms with van der Waals surface area (Å²) in [5, 5.41) is 2.57. The smallest absolute Gasteiger partial charge is 0.236 e. The molecule has 1 rings (SSSR count). The molecule has 0 aromatic carbocycles. The van der Waals surface area contributed by atoms with E-state index in [4.69, 9.17) is 0 Å². The molecule has 1 aliphatic rings. The lowest BCUT2D eigenvalue weighted by Crippen LogP contribution is -2.52. The molecule has 0 aromatic heterocycles. The molecule has 1 aliphatic heterocycles. The van der Waals surface area contributed by atoms with Crippen molar-refractivity contribution in [2.24, 2.45) is 0 Å². The van der Waals surface area contributed by atoms with Crippen LogP contribution in [0.2, 0.25) is 0 Å². The van der Waals surface area contributed by atoms with Crippen LogP contribution in [-0.2, 0) is 4.79 Å². The normalized spacial score (nSPS) is 21.4. The van der Waals surface area contributed by atoms with E-state index in [0.717, 1.165) is 0 Å². The van der Waals surface area contributed by atoms with Crippen LogP contribution >= 0.6 is 0 Å². The number of hydrogen-bond donors (Lipinski definition) is 3. The molecule has 0 spiro atoms. The van der Waals surface area contributed by atoms with E-state index in [1.165, 1.54) is 0 Å². The van der Waals surface area contributed by atoms with Gasteiger partial charge < -0.3 is 5.32 Å². The second-order valence-electron chi connectivity index (χ2n) is 1.31. The first kappa shape index (κ1) is 4.55. The van der Waals surface area contributed by atoms with Crippen molar-refractivity contribution >= 4 is 5.91 Å². The minimum absolute atomic E-state index is 0.0405. The fourth-order valence-corrected chi connectivity index (χ4v) is 0.411. The largest absolute Gasteiger partial charge is 0.341 e. The number of rotatable bonds is 0. The van der Waals surface area contributed by atoms with Gasteiger partial charge in [0.05, 0.1) is 13.2 Å². The molecule has 0 saturated carbocycles. The minimum Gasteiger partial charge on any atom is -0.341 e. The van der Waals surface area contributed by atoms with Crippen molar-refractivity contribution in [3.63, 3.8) is 0 Å². The van der Waals surface area contributed by atoms with E-state index in [1.54, 1.807) is 0 Å². The maximum absolute atomic E-state index is 10.2. The summed E-state index contributed by atoms with van der Waals surface area (Å²) in [6, 6.07) is 0. The Morgan fingerprint density at radius 3 is 2.57 bits per heavy atom. The molecule has 4 heteroatoms. The molecule has 0 radical (unpaired) electrons. The molecule has 0 aromatic rings. The summed E-state index contributed by atoms with van der Waals surface area (Å²) in [6.45, 7) is 0.902. The van der Waals surface area contributed by atoms with Gasteiger partial charge >= 0.3 is 0 Å². The maximum Gasteiger partial charge on any atom is 0.236 e. The van der Waals surface area contributed by atoms with Gasteiger partial charge in [-0.15, -0.1) is 0 Å². The van der Waals surface area contributed by atoms with Crippen molar-refractivity contribution < 1.29 is 4.79 Å².